The van der Waals surface area contributed by atoms with Crippen molar-refractivity contribution >= 4 is 17.4 Å². The third kappa shape index (κ3) is 3.17. The summed E-state index contributed by atoms with van der Waals surface area (Å²) in [5.74, 6) is 3.07. The number of aliphatic imine (C=N–C) groups is 1. The molecular formula is C27H22N2O2. The van der Waals surface area contributed by atoms with Crippen molar-refractivity contribution in [3.8, 4) is 11.5 Å². The van der Waals surface area contributed by atoms with E-state index in [1.54, 1.807) is 19.5 Å². The van der Waals surface area contributed by atoms with Crippen LogP contribution in [0.3, 0.4) is 0 Å². The summed E-state index contributed by atoms with van der Waals surface area (Å²) in [7, 11) is 1.75. The van der Waals surface area contributed by atoms with Crippen LogP contribution in [0.15, 0.2) is 101 Å². The van der Waals surface area contributed by atoms with E-state index in [0.717, 1.165) is 63.0 Å². The summed E-state index contributed by atoms with van der Waals surface area (Å²) in [5, 5.41) is 0. The highest BCUT2D eigenvalue weighted by atomic mass is 16.5. The molecule has 0 amide bonds. The summed E-state index contributed by atoms with van der Waals surface area (Å²) in [5.41, 5.74) is 6.98. The van der Waals surface area contributed by atoms with E-state index >= 15 is 0 Å². The van der Waals surface area contributed by atoms with Crippen LogP contribution in [-0.2, 0) is 6.42 Å². The first-order valence-electron chi connectivity index (χ1n) is 10.2. The van der Waals surface area contributed by atoms with E-state index in [-0.39, 0.29) is 0 Å². The number of fused-ring (bicyclic) bond motifs is 4. The first kappa shape index (κ1) is 19.1. The molecule has 0 atom stereocenters. The van der Waals surface area contributed by atoms with Crippen LogP contribution < -0.4 is 9.47 Å². The van der Waals surface area contributed by atoms with Crippen LogP contribution in [0.1, 0.15) is 23.7 Å². The number of hydrogen-bond donors (Lipinski definition) is 0. The fraction of sp³-hybridized carbons (Fsp3) is 0.111. The SMILES string of the molecule is C=C1C2=C/C=C\Cc3cccc4c3C(=C1c1ncccc1O2)C(C)=C(/C=C\C=NC)O4. The van der Waals surface area contributed by atoms with E-state index in [0.29, 0.717) is 0 Å². The molecule has 31 heavy (non-hydrogen) atoms. The lowest BCUT2D eigenvalue weighted by Crippen LogP contribution is -2.16. The van der Waals surface area contributed by atoms with Crippen LogP contribution in [-0.4, -0.2) is 18.2 Å². The van der Waals surface area contributed by atoms with E-state index in [1.165, 1.54) is 5.56 Å². The molecule has 0 unspecified atom stereocenters. The Morgan fingerprint density at radius 1 is 1.10 bits per heavy atom. The first-order valence-corrected chi connectivity index (χ1v) is 10.2. The number of aromatic nitrogens is 1. The van der Waals surface area contributed by atoms with Gasteiger partial charge in [-0.05, 0) is 55.3 Å². The summed E-state index contributed by atoms with van der Waals surface area (Å²) >= 11 is 0. The lowest BCUT2D eigenvalue weighted by atomic mass is 9.81. The Balaban J connectivity index is 1.91. The molecule has 5 rings (SSSR count). The lowest BCUT2D eigenvalue weighted by molar-refractivity contribution is 0.427. The highest BCUT2D eigenvalue weighted by Gasteiger charge is 2.33. The molecule has 1 aliphatic carbocycles. The van der Waals surface area contributed by atoms with Gasteiger partial charge < -0.3 is 9.47 Å². The largest absolute Gasteiger partial charge is 0.456 e. The van der Waals surface area contributed by atoms with Gasteiger partial charge in [0.1, 0.15) is 23.0 Å². The molecule has 1 aromatic carbocycles. The average molecular weight is 406 g/mol. The van der Waals surface area contributed by atoms with Crippen LogP contribution in [0.4, 0.5) is 0 Å². The van der Waals surface area contributed by atoms with Crippen LogP contribution in [0, 0.1) is 0 Å². The van der Waals surface area contributed by atoms with Gasteiger partial charge >= 0.3 is 0 Å². The maximum absolute atomic E-state index is 6.34. The van der Waals surface area contributed by atoms with Crippen LogP contribution >= 0.6 is 0 Å². The van der Waals surface area contributed by atoms with Crippen molar-refractivity contribution in [1.29, 1.82) is 0 Å². The Bertz CT molecular complexity index is 1290. The number of hydrogen-bond acceptors (Lipinski definition) is 4. The molecule has 152 valence electrons. The third-order valence-corrected chi connectivity index (χ3v) is 5.61. The molecule has 1 aromatic heterocycles. The van der Waals surface area contributed by atoms with Crippen molar-refractivity contribution in [3.63, 3.8) is 0 Å². The number of nitrogens with zero attached hydrogens (tertiary/aromatic N) is 2. The van der Waals surface area contributed by atoms with Crippen LogP contribution in [0.2, 0.25) is 0 Å². The maximum Gasteiger partial charge on any atom is 0.153 e. The highest BCUT2D eigenvalue weighted by Crippen LogP contribution is 2.50. The zero-order valence-electron chi connectivity index (χ0n) is 17.6. The van der Waals surface area contributed by atoms with Gasteiger partial charge in [0.2, 0.25) is 0 Å². The molecule has 4 heteroatoms. The van der Waals surface area contributed by atoms with Gasteiger partial charge in [-0.25, -0.2) is 0 Å². The van der Waals surface area contributed by atoms with Crippen molar-refractivity contribution in [3.05, 3.63) is 113 Å². The first-order chi connectivity index (χ1) is 15.2. The molecule has 2 bridgehead atoms. The van der Waals surface area contributed by atoms with E-state index in [2.05, 4.69) is 35.6 Å². The summed E-state index contributed by atoms with van der Waals surface area (Å²) < 4.78 is 12.5. The molecule has 2 aromatic rings. The summed E-state index contributed by atoms with van der Waals surface area (Å²) in [6, 6.07) is 10.0. The molecule has 0 radical (unpaired) electrons. The molecular weight excluding hydrogens is 384 g/mol. The molecule has 0 saturated carbocycles. The zero-order chi connectivity index (χ0) is 21.4. The standard InChI is InChI=1S/C27H22N2O2/c1-17-21(13-7-15-28-3)30-22-12-6-10-19-9-4-5-11-20-18(2)25(24(17)26(19)22)27-23(31-20)14-8-16-29-27/h4-8,10-16H,2,9H2,1,3H3/b5-4-,13-7-,20-11?,25-24?,28-15?. The monoisotopic (exact) mass is 406 g/mol. The highest BCUT2D eigenvalue weighted by molar-refractivity contribution is 6.08. The van der Waals surface area contributed by atoms with Crippen LogP contribution in [0.25, 0.3) is 11.1 Å². The topological polar surface area (TPSA) is 43.7 Å². The van der Waals surface area contributed by atoms with E-state index in [9.17, 15) is 0 Å². The Morgan fingerprint density at radius 3 is 2.84 bits per heavy atom. The minimum absolute atomic E-state index is 0.728. The predicted molar refractivity (Wildman–Crippen MR) is 125 cm³/mol. The number of allylic oxidation sites excluding steroid dienone is 8. The van der Waals surface area contributed by atoms with E-state index < -0.39 is 0 Å². The van der Waals surface area contributed by atoms with Gasteiger partial charge in [0.25, 0.3) is 0 Å². The fourth-order valence-electron chi connectivity index (χ4n) is 4.17. The Labute approximate surface area is 182 Å². The van der Waals surface area contributed by atoms with Crippen LogP contribution in [0.5, 0.6) is 11.5 Å². The quantitative estimate of drug-likeness (QED) is 0.587. The molecule has 0 N–H and O–H groups in total. The third-order valence-electron chi connectivity index (χ3n) is 5.61. The minimum atomic E-state index is 0.728. The molecule has 3 heterocycles. The van der Waals surface area contributed by atoms with Crippen molar-refractivity contribution < 1.29 is 9.47 Å². The number of pyridine rings is 1. The molecule has 0 spiro atoms. The predicted octanol–water partition coefficient (Wildman–Crippen LogP) is 5.86. The van der Waals surface area contributed by atoms with Crippen molar-refractivity contribution in [2.24, 2.45) is 4.99 Å². The summed E-state index contributed by atoms with van der Waals surface area (Å²) in [4.78, 5) is 8.72. The fourth-order valence-corrected chi connectivity index (χ4v) is 4.17. The second kappa shape index (κ2) is 7.73. The van der Waals surface area contributed by atoms with Crippen molar-refractivity contribution in [2.45, 2.75) is 13.3 Å². The normalized spacial score (nSPS) is 18.4. The second-order valence-corrected chi connectivity index (χ2v) is 7.49. The van der Waals surface area contributed by atoms with E-state index in [1.807, 2.05) is 48.6 Å². The summed E-state index contributed by atoms with van der Waals surface area (Å²) in [6.07, 6.45) is 14.3. The van der Waals surface area contributed by atoms with Gasteiger partial charge in [-0.15, -0.1) is 0 Å². The number of ether oxygens (including phenoxy) is 2. The molecule has 4 nitrogen and oxygen atoms in total. The number of benzene rings is 1. The lowest BCUT2D eigenvalue weighted by Gasteiger charge is -2.31. The second-order valence-electron chi connectivity index (χ2n) is 7.49. The van der Waals surface area contributed by atoms with Gasteiger partial charge in [-0.3, -0.25) is 9.98 Å². The minimum Gasteiger partial charge on any atom is -0.456 e. The Morgan fingerprint density at radius 2 is 1.97 bits per heavy atom. The van der Waals surface area contributed by atoms with Crippen molar-refractivity contribution in [1.82, 2.24) is 4.98 Å². The Hall–Kier alpha value is -3.92. The van der Waals surface area contributed by atoms with Gasteiger partial charge in [0.05, 0.1) is 0 Å². The van der Waals surface area contributed by atoms with Gasteiger partial charge in [-0.2, -0.15) is 0 Å². The smallest absolute Gasteiger partial charge is 0.153 e. The van der Waals surface area contributed by atoms with Gasteiger partial charge in [0.15, 0.2) is 5.75 Å². The zero-order valence-corrected chi connectivity index (χ0v) is 17.6. The molecule has 3 aliphatic rings. The maximum atomic E-state index is 6.34. The van der Waals surface area contributed by atoms with Gasteiger partial charge in [0, 0.05) is 47.3 Å². The van der Waals surface area contributed by atoms with E-state index in [4.69, 9.17) is 9.47 Å². The summed E-state index contributed by atoms with van der Waals surface area (Å²) in [6.45, 7) is 6.49. The Kier molecular flexibility index (Phi) is 4.75. The van der Waals surface area contributed by atoms with Crippen molar-refractivity contribution in [2.75, 3.05) is 7.05 Å². The number of rotatable bonds is 2. The molecule has 0 fully saturated rings. The average Bonchev–Trinajstić information content (AvgIpc) is 2.78. The van der Waals surface area contributed by atoms with Gasteiger partial charge in [-0.1, -0.05) is 30.9 Å². The molecule has 2 aliphatic heterocycles. The molecule has 0 saturated heterocycles.